The maximum Gasteiger partial charge on any atom is 0.411 e. The second kappa shape index (κ2) is 7.28. The molecule has 0 aromatic carbocycles. The average Bonchev–Trinajstić information content (AvgIpc) is 2.44. The largest absolute Gasteiger partial charge is 0.467 e. The van der Waals surface area contributed by atoms with Crippen LogP contribution in [0.1, 0.15) is 46.5 Å². The molecule has 1 amide bonds. The van der Waals surface area contributed by atoms with Crippen molar-refractivity contribution in [2.24, 2.45) is 0 Å². The summed E-state index contributed by atoms with van der Waals surface area (Å²) in [7, 11) is 1.25. The molecule has 2 unspecified atom stereocenters. The molecular weight excluding hydrogens is 290 g/mol. The summed E-state index contributed by atoms with van der Waals surface area (Å²) in [5.41, 5.74) is -1.98. The van der Waals surface area contributed by atoms with Crippen LogP contribution in [0.2, 0.25) is 0 Å². The Morgan fingerprint density at radius 1 is 1.32 bits per heavy atom. The molecule has 0 radical (unpaired) electrons. The molecule has 0 saturated carbocycles. The molecule has 1 aliphatic rings. The van der Waals surface area contributed by atoms with Crippen molar-refractivity contribution in [3.05, 3.63) is 0 Å². The normalized spacial score (nSPS) is 23.8. The third-order valence-electron chi connectivity index (χ3n) is 3.70. The maximum absolute atomic E-state index is 12.5. The lowest BCUT2D eigenvalue weighted by Gasteiger charge is -2.45. The Morgan fingerprint density at radius 3 is 2.45 bits per heavy atom. The van der Waals surface area contributed by atoms with E-state index in [2.05, 4.69) is 0 Å². The van der Waals surface area contributed by atoms with Gasteiger partial charge in [-0.05, 0) is 40.0 Å². The van der Waals surface area contributed by atoms with Crippen LogP contribution in [0.4, 0.5) is 4.79 Å². The van der Waals surface area contributed by atoms with Gasteiger partial charge >= 0.3 is 12.1 Å². The van der Waals surface area contributed by atoms with Crippen LogP contribution >= 0.6 is 0 Å². The molecule has 22 heavy (non-hydrogen) atoms. The molecule has 1 saturated heterocycles. The van der Waals surface area contributed by atoms with Gasteiger partial charge in [0.25, 0.3) is 0 Å². The van der Waals surface area contributed by atoms with Gasteiger partial charge in [-0.15, -0.1) is 0 Å². The average molecular weight is 317 g/mol. The Kier molecular flexibility index (Phi) is 6.19. The van der Waals surface area contributed by atoms with E-state index >= 15 is 0 Å². The van der Waals surface area contributed by atoms with Gasteiger partial charge in [-0.2, -0.15) is 0 Å². The first-order chi connectivity index (χ1) is 10.2. The molecule has 2 atom stereocenters. The molecular formula is C15H27NO6. The third-order valence-corrected chi connectivity index (χ3v) is 3.70. The van der Waals surface area contributed by atoms with Gasteiger partial charge in [-0.1, -0.05) is 0 Å². The van der Waals surface area contributed by atoms with Gasteiger partial charge in [0.2, 0.25) is 0 Å². The van der Waals surface area contributed by atoms with E-state index < -0.39 is 35.9 Å². The minimum Gasteiger partial charge on any atom is -0.467 e. The molecule has 0 spiro atoms. The first-order valence-corrected chi connectivity index (χ1v) is 7.54. The van der Waals surface area contributed by atoms with Crippen LogP contribution in [-0.2, 0) is 14.3 Å². The smallest absolute Gasteiger partial charge is 0.411 e. The highest BCUT2D eigenvalue weighted by Crippen LogP contribution is 2.35. The molecule has 7 heteroatoms. The predicted octanol–water partition coefficient (Wildman–Crippen LogP) is 1.06. The van der Waals surface area contributed by atoms with E-state index in [0.29, 0.717) is 13.0 Å². The Morgan fingerprint density at radius 2 is 1.95 bits per heavy atom. The summed E-state index contributed by atoms with van der Waals surface area (Å²) in [6.45, 7) is 5.11. The highest BCUT2D eigenvalue weighted by molar-refractivity contribution is 5.86. The van der Waals surface area contributed by atoms with Crippen LogP contribution in [0.3, 0.4) is 0 Å². The van der Waals surface area contributed by atoms with E-state index in [9.17, 15) is 14.7 Å². The lowest BCUT2D eigenvalue weighted by atomic mass is 9.82. The van der Waals surface area contributed by atoms with Crippen LogP contribution in [0.25, 0.3) is 0 Å². The molecule has 1 heterocycles. The zero-order valence-corrected chi connectivity index (χ0v) is 13.8. The first-order valence-electron chi connectivity index (χ1n) is 7.54. The highest BCUT2D eigenvalue weighted by Gasteiger charge is 2.51. The monoisotopic (exact) mass is 317 g/mol. The highest BCUT2D eigenvalue weighted by atomic mass is 16.6. The summed E-state index contributed by atoms with van der Waals surface area (Å²) >= 11 is 0. The van der Waals surface area contributed by atoms with Gasteiger partial charge in [-0.25, -0.2) is 9.59 Å². The Balaban J connectivity index is 3.12. The number of amides is 1. The van der Waals surface area contributed by atoms with Gasteiger partial charge in [0, 0.05) is 13.0 Å². The van der Waals surface area contributed by atoms with Crippen molar-refractivity contribution >= 4 is 12.1 Å². The van der Waals surface area contributed by atoms with E-state index in [4.69, 9.17) is 14.6 Å². The molecule has 1 rings (SSSR count). The number of piperidine rings is 1. The van der Waals surface area contributed by atoms with Crippen LogP contribution in [-0.4, -0.2) is 64.7 Å². The fourth-order valence-corrected chi connectivity index (χ4v) is 2.77. The lowest BCUT2D eigenvalue weighted by Crippen LogP contribution is -2.62. The van der Waals surface area contributed by atoms with Gasteiger partial charge in [0.05, 0.1) is 19.8 Å². The van der Waals surface area contributed by atoms with Gasteiger partial charge < -0.3 is 19.7 Å². The molecule has 1 aliphatic heterocycles. The topological polar surface area (TPSA) is 96.3 Å². The number of esters is 1. The summed E-state index contributed by atoms with van der Waals surface area (Å²) in [5, 5.41) is 18.9. The second-order valence-electron chi connectivity index (χ2n) is 6.65. The number of aliphatic hydroxyl groups is 2. The maximum atomic E-state index is 12.5. The quantitative estimate of drug-likeness (QED) is 0.753. The number of carbonyl (C=O) groups is 2. The van der Waals surface area contributed by atoms with Gasteiger partial charge in [-0.3, -0.25) is 4.90 Å². The summed E-state index contributed by atoms with van der Waals surface area (Å²) in [6.07, 6.45) is 0.0513. The number of aliphatic hydroxyl groups excluding tert-OH is 2. The van der Waals surface area contributed by atoms with Crippen molar-refractivity contribution in [3.8, 4) is 0 Å². The number of likely N-dealkylation sites (tertiary alicyclic amines) is 1. The SMILES string of the molecule is COC(=O)C1(CC(O)CO)CCCCN1C(=O)OC(C)(C)C. The number of carbonyl (C=O) groups excluding carboxylic acids is 2. The molecule has 0 aromatic heterocycles. The van der Waals surface area contributed by atoms with Crippen molar-refractivity contribution in [1.29, 1.82) is 0 Å². The summed E-state index contributed by atoms with van der Waals surface area (Å²) in [6, 6.07) is 0. The number of rotatable bonds is 4. The van der Waals surface area contributed by atoms with Crippen LogP contribution in [0.15, 0.2) is 0 Å². The summed E-state index contributed by atoms with van der Waals surface area (Å²) in [5.74, 6) is -0.592. The zero-order chi connectivity index (χ0) is 17.0. The number of hydrogen-bond donors (Lipinski definition) is 2. The standard InChI is InChI=1S/C15H27NO6/c1-14(2,3)22-13(20)16-8-6-5-7-15(16,12(19)21-4)9-11(18)10-17/h11,17-18H,5-10H2,1-4H3. The number of ether oxygens (including phenoxy) is 2. The third kappa shape index (κ3) is 4.33. The van der Waals surface area contributed by atoms with E-state index in [1.54, 1.807) is 20.8 Å². The van der Waals surface area contributed by atoms with Crippen molar-refractivity contribution in [2.75, 3.05) is 20.3 Å². The van der Waals surface area contributed by atoms with Crippen LogP contribution in [0, 0.1) is 0 Å². The van der Waals surface area contributed by atoms with E-state index in [1.165, 1.54) is 12.0 Å². The molecule has 0 aromatic rings. The van der Waals surface area contributed by atoms with E-state index in [0.717, 1.165) is 12.8 Å². The number of methoxy groups -OCH3 is 1. The van der Waals surface area contributed by atoms with Gasteiger partial charge in [0.15, 0.2) is 0 Å². The molecule has 1 fully saturated rings. The molecule has 0 aliphatic carbocycles. The fraction of sp³-hybridized carbons (Fsp3) is 0.867. The summed E-state index contributed by atoms with van der Waals surface area (Å²) < 4.78 is 10.2. The Hall–Kier alpha value is -1.34. The van der Waals surface area contributed by atoms with Gasteiger partial charge in [0.1, 0.15) is 11.1 Å². The molecule has 128 valence electrons. The Bertz CT molecular complexity index is 405. The second-order valence-corrected chi connectivity index (χ2v) is 6.65. The molecule has 0 bridgehead atoms. The van der Waals surface area contributed by atoms with E-state index in [-0.39, 0.29) is 6.42 Å². The van der Waals surface area contributed by atoms with Crippen molar-refractivity contribution in [1.82, 2.24) is 4.90 Å². The molecule has 2 N–H and O–H groups in total. The number of hydrogen-bond acceptors (Lipinski definition) is 6. The van der Waals surface area contributed by atoms with Crippen LogP contribution in [0.5, 0.6) is 0 Å². The minimum absolute atomic E-state index is 0.0740. The lowest BCUT2D eigenvalue weighted by molar-refractivity contribution is -0.160. The van der Waals surface area contributed by atoms with Crippen molar-refractivity contribution in [2.45, 2.75) is 63.7 Å². The number of nitrogens with zero attached hydrogens (tertiary/aromatic N) is 1. The zero-order valence-electron chi connectivity index (χ0n) is 13.8. The fourth-order valence-electron chi connectivity index (χ4n) is 2.77. The van der Waals surface area contributed by atoms with Crippen molar-refractivity contribution in [3.63, 3.8) is 0 Å². The minimum atomic E-state index is -1.29. The summed E-state index contributed by atoms with van der Waals surface area (Å²) in [4.78, 5) is 26.2. The molecule has 7 nitrogen and oxygen atoms in total. The predicted molar refractivity (Wildman–Crippen MR) is 79.2 cm³/mol. The van der Waals surface area contributed by atoms with Crippen LogP contribution < -0.4 is 0 Å². The Labute approximate surface area is 131 Å². The first kappa shape index (κ1) is 18.7. The van der Waals surface area contributed by atoms with E-state index in [1.807, 2.05) is 0 Å². The van der Waals surface area contributed by atoms with Crippen molar-refractivity contribution < 1.29 is 29.3 Å².